The molecule has 10 heteroatoms. The molecule has 0 radical (unpaired) electrons. The van der Waals surface area contributed by atoms with Crippen molar-refractivity contribution < 1.29 is 13.6 Å². The number of thioether (sulfide) groups is 1. The first kappa shape index (κ1) is 24.3. The van der Waals surface area contributed by atoms with Gasteiger partial charge in [0.05, 0.1) is 29.6 Å². The van der Waals surface area contributed by atoms with Crippen LogP contribution in [0.5, 0.6) is 0 Å². The largest absolute Gasteiger partial charge is 0.469 e. The van der Waals surface area contributed by atoms with Crippen molar-refractivity contribution in [2.24, 2.45) is 5.10 Å². The average Bonchev–Trinajstić information content (AvgIpc) is 3.74. The second kappa shape index (κ2) is 10.4. The van der Waals surface area contributed by atoms with Gasteiger partial charge in [0.2, 0.25) is 0 Å². The van der Waals surface area contributed by atoms with E-state index in [4.69, 9.17) is 25.5 Å². The Bertz CT molecular complexity index is 1590. The number of carbonyl (C=O) groups is 1. The topological polar surface area (TPSA) is 89.7 Å². The molecule has 0 aliphatic carbocycles. The quantitative estimate of drug-likeness (QED) is 0.216. The van der Waals surface area contributed by atoms with Gasteiger partial charge in [-0.2, -0.15) is 5.10 Å². The number of amides is 1. The molecule has 0 fully saturated rings. The monoisotopic (exact) mass is 543 g/mol. The van der Waals surface area contributed by atoms with E-state index in [1.807, 2.05) is 84.3 Å². The number of para-hydroxylation sites is 1. The van der Waals surface area contributed by atoms with Gasteiger partial charge in [-0.05, 0) is 55.0 Å². The number of hydrogen-bond acceptors (Lipinski definition) is 7. The third-order valence-corrected chi connectivity index (χ3v) is 7.45. The van der Waals surface area contributed by atoms with Gasteiger partial charge in [0.1, 0.15) is 17.6 Å². The Morgan fingerprint density at radius 2 is 1.82 bits per heavy atom. The summed E-state index contributed by atoms with van der Waals surface area (Å²) in [6, 6.07) is 22.5. The first-order chi connectivity index (χ1) is 18.6. The molecule has 6 rings (SSSR count). The number of aromatic nitrogens is 3. The minimum absolute atomic E-state index is 0.115. The van der Waals surface area contributed by atoms with Gasteiger partial charge in [-0.25, -0.2) is 5.01 Å². The van der Waals surface area contributed by atoms with E-state index in [-0.39, 0.29) is 17.7 Å². The highest BCUT2D eigenvalue weighted by Gasteiger charge is 2.35. The number of aryl methyl sites for hydroxylation is 1. The Kier molecular flexibility index (Phi) is 6.61. The molecule has 0 saturated carbocycles. The lowest BCUT2D eigenvalue weighted by atomic mass is 10.0. The maximum Gasteiger partial charge on any atom is 0.253 e. The number of benzene rings is 2. The van der Waals surface area contributed by atoms with Crippen LogP contribution in [-0.2, 0) is 4.79 Å². The SMILES string of the molecule is Cc1occc1-c1nnc(SCC(=O)N2N=C(c3ccc(Cl)cc3)CC2c2ccco2)n1-c1ccccc1. The highest BCUT2D eigenvalue weighted by molar-refractivity contribution is 7.99. The van der Waals surface area contributed by atoms with Gasteiger partial charge in [0.15, 0.2) is 11.0 Å². The number of rotatable bonds is 7. The van der Waals surface area contributed by atoms with Gasteiger partial charge in [0, 0.05) is 17.1 Å². The number of hydrazone groups is 1. The summed E-state index contributed by atoms with van der Waals surface area (Å²) in [5.41, 5.74) is 3.44. The molecule has 1 atom stereocenters. The number of furan rings is 2. The van der Waals surface area contributed by atoms with Crippen LogP contribution in [0.25, 0.3) is 17.1 Å². The molecule has 0 bridgehead atoms. The second-order valence-electron chi connectivity index (χ2n) is 8.68. The van der Waals surface area contributed by atoms with Crippen molar-refractivity contribution in [3.05, 3.63) is 107 Å². The Balaban J connectivity index is 1.29. The summed E-state index contributed by atoms with van der Waals surface area (Å²) in [5, 5.41) is 16.3. The van der Waals surface area contributed by atoms with Gasteiger partial charge in [-0.1, -0.05) is 53.7 Å². The first-order valence-corrected chi connectivity index (χ1v) is 13.3. The van der Waals surface area contributed by atoms with Gasteiger partial charge in [-0.3, -0.25) is 9.36 Å². The van der Waals surface area contributed by atoms with Crippen molar-refractivity contribution >= 4 is 35.0 Å². The van der Waals surface area contributed by atoms with Gasteiger partial charge in [-0.15, -0.1) is 10.2 Å². The predicted molar refractivity (Wildman–Crippen MR) is 145 cm³/mol. The maximum atomic E-state index is 13.6. The molecule has 0 N–H and O–H groups in total. The molecule has 4 heterocycles. The summed E-state index contributed by atoms with van der Waals surface area (Å²) in [4.78, 5) is 13.6. The molecule has 1 aliphatic heterocycles. The van der Waals surface area contributed by atoms with Crippen LogP contribution in [0, 0.1) is 6.92 Å². The standard InChI is InChI=1S/C28H22ClN5O3S/c1-18-22(13-15-36-18)27-30-31-28(33(27)21-6-3-2-4-7-21)38-17-26(35)34-24(25-8-5-14-37-25)16-23(32-34)19-9-11-20(29)12-10-19/h2-15,24H,16-17H2,1H3. The molecular weight excluding hydrogens is 522 g/mol. The third kappa shape index (κ3) is 4.66. The van der Waals surface area contributed by atoms with E-state index in [1.165, 1.54) is 16.8 Å². The number of halogens is 1. The Morgan fingerprint density at radius 3 is 2.53 bits per heavy atom. The van der Waals surface area contributed by atoms with E-state index in [0.717, 1.165) is 28.3 Å². The molecule has 1 unspecified atom stereocenters. The fourth-order valence-corrected chi connectivity index (χ4v) is 5.35. The minimum Gasteiger partial charge on any atom is -0.469 e. The van der Waals surface area contributed by atoms with Gasteiger partial charge >= 0.3 is 0 Å². The highest BCUT2D eigenvalue weighted by Crippen LogP contribution is 2.35. The van der Waals surface area contributed by atoms with E-state index in [1.54, 1.807) is 12.5 Å². The fraction of sp³-hybridized carbons (Fsp3) is 0.143. The lowest BCUT2D eigenvalue weighted by molar-refractivity contribution is -0.130. The van der Waals surface area contributed by atoms with E-state index in [0.29, 0.717) is 28.2 Å². The maximum absolute atomic E-state index is 13.6. The molecule has 2 aromatic carbocycles. The summed E-state index contributed by atoms with van der Waals surface area (Å²) < 4.78 is 13.1. The lowest BCUT2D eigenvalue weighted by Gasteiger charge is -2.19. The van der Waals surface area contributed by atoms with Crippen molar-refractivity contribution in [1.82, 2.24) is 19.8 Å². The van der Waals surface area contributed by atoms with Gasteiger partial charge in [0.25, 0.3) is 5.91 Å². The van der Waals surface area contributed by atoms with Crippen LogP contribution < -0.4 is 0 Å². The molecule has 5 aromatic rings. The summed E-state index contributed by atoms with van der Waals surface area (Å²) >= 11 is 7.38. The Morgan fingerprint density at radius 1 is 1.00 bits per heavy atom. The normalized spacial score (nSPS) is 15.2. The predicted octanol–water partition coefficient (Wildman–Crippen LogP) is 6.55. The van der Waals surface area contributed by atoms with Crippen molar-refractivity contribution in [2.45, 2.75) is 24.5 Å². The summed E-state index contributed by atoms with van der Waals surface area (Å²) in [5.74, 6) is 2.02. The summed E-state index contributed by atoms with van der Waals surface area (Å²) in [7, 11) is 0. The van der Waals surface area contributed by atoms with Crippen LogP contribution in [0.15, 0.2) is 104 Å². The molecule has 8 nitrogen and oxygen atoms in total. The van der Waals surface area contributed by atoms with Crippen molar-refractivity contribution in [3.8, 4) is 17.1 Å². The third-order valence-electron chi connectivity index (χ3n) is 6.29. The molecule has 190 valence electrons. The van der Waals surface area contributed by atoms with Crippen LogP contribution in [0.4, 0.5) is 0 Å². The zero-order valence-corrected chi connectivity index (χ0v) is 21.9. The van der Waals surface area contributed by atoms with Crippen LogP contribution in [0.3, 0.4) is 0 Å². The zero-order valence-electron chi connectivity index (χ0n) is 20.3. The molecular formula is C28H22ClN5O3S. The molecule has 0 saturated heterocycles. The lowest BCUT2D eigenvalue weighted by Crippen LogP contribution is -2.28. The summed E-state index contributed by atoms with van der Waals surface area (Å²) in [6.45, 7) is 1.88. The molecule has 3 aromatic heterocycles. The molecule has 38 heavy (non-hydrogen) atoms. The van der Waals surface area contributed by atoms with E-state index >= 15 is 0 Å². The van der Waals surface area contributed by atoms with Crippen LogP contribution >= 0.6 is 23.4 Å². The van der Waals surface area contributed by atoms with E-state index in [2.05, 4.69) is 10.2 Å². The first-order valence-electron chi connectivity index (χ1n) is 12.0. The number of hydrogen-bond donors (Lipinski definition) is 0. The van der Waals surface area contributed by atoms with E-state index < -0.39 is 0 Å². The van der Waals surface area contributed by atoms with E-state index in [9.17, 15) is 4.79 Å². The second-order valence-corrected chi connectivity index (χ2v) is 10.1. The van der Waals surface area contributed by atoms with Crippen LogP contribution in [0.2, 0.25) is 5.02 Å². The smallest absolute Gasteiger partial charge is 0.253 e. The number of carbonyl (C=O) groups excluding carboxylic acids is 1. The van der Waals surface area contributed by atoms with Crippen LogP contribution in [0.1, 0.15) is 29.5 Å². The molecule has 0 spiro atoms. The number of nitrogens with zero attached hydrogens (tertiary/aromatic N) is 5. The fourth-order valence-electron chi connectivity index (χ4n) is 4.42. The molecule has 1 aliphatic rings. The average molecular weight is 544 g/mol. The van der Waals surface area contributed by atoms with Crippen LogP contribution in [-0.4, -0.2) is 37.1 Å². The summed E-state index contributed by atoms with van der Waals surface area (Å²) in [6.07, 6.45) is 3.77. The van der Waals surface area contributed by atoms with Crippen molar-refractivity contribution in [1.29, 1.82) is 0 Å². The molecule has 1 amide bonds. The highest BCUT2D eigenvalue weighted by atomic mass is 35.5. The van der Waals surface area contributed by atoms with Gasteiger partial charge < -0.3 is 8.83 Å². The Labute approximate surface area is 227 Å². The van der Waals surface area contributed by atoms with Crippen molar-refractivity contribution in [3.63, 3.8) is 0 Å². The zero-order chi connectivity index (χ0) is 26.1. The van der Waals surface area contributed by atoms with Crippen molar-refractivity contribution in [2.75, 3.05) is 5.75 Å². The minimum atomic E-state index is -0.333. The Hall–Kier alpha value is -4.08.